The van der Waals surface area contributed by atoms with E-state index < -0.39 is 0 Å². The van der Waals surface area contributed by atoms with Crippen molar-refractivity contribution in [2.45, 2.75) is 12.5 Å². The second kappa shape index (κ2) is 6.37. The largest absolute Gasteiger partial charge is 0.378 e. The zero-order chi connectivity index (χ0) is 19.3. The van der Waals surface area contributed by atoms with Crippen LogP contribution in [0.15, 0.2) is 48.9 Å². The molecular weight excluding hydrogens is 352 g/mol. The Morgan fingerprint density at radius 1 is 1.21 bits per heavy atom. The van der Waals surface area contributed by atoms with E-state index in [-0.39, 0.29) is 11.9 Å². The van der Waals surface area contributed by atoms with Crippen LogP contribution < -0.4 is 4.90 Å². The van der Waals surface area contributed by atoms with Crippen molar-refractivity contribution in [3.05, 3.63) is 54.6 Å². The van der Waals surface area contributed by atoms with Crippen LogP contribution in [0.4, 0.5) is 5.69 Å². The Balaban J connectivity index is 1.38. The molecule has 0 bridgehead atoms. The molecule has 1 amide bonds. The first-order chi connectivity index (χ1) is 13.6. The highest BCUT2D eigenvalue weighted by molar-refractivity contribution is 5.98. The molecule has 1 fully saturated rings. The van der Waals surface area contributed by atoms with Gasteiger partial charge in [0.1, 0.15) is 11.2 Å². The maximum Gasteiger partial charge on any atom is 0.270 e. The summed E-state index contributed by atoms with van der Waals surface area (Å²) in [5, 5.41) is 1.05. The highest BCUT2D eigenvalue weighted by Crippen LogP contribution is 2.27. The Bertz CT molecular complexity index is 1170. The number of carbonyl (C=O) groups excluding carboxylic acids is 1. The normalized spacial score (nSPS) is 16.9. The predicted octanol–water partition coefficient (Wildman–Crippen LogP) is 3.07. The fourth-order valence-electron chi connectivity index (χ4n) is 3.97. The Morgan fingerprint density at radius 3 is 2.96 bits per heavy atom. The fourth-order valence-corrected chi connectivity index (χ4v) is 3.97. The summed E-state index contributed by atoms with van der Waals surface area (Å²) >= 11 is 0. The molecule has 1 saturated heterocycles. The van der Waals surface area contributed by atoms with Gasteiger partial charge in [0.25, 0.3) is 5.91 Å². The third-order valence-electron chi connectivity index (χ3n) is 5.53. The smallest absolute Gasteiger partial charge is 0.270 e. The van der Waals surface area contributed by atoms with Crippen LogP contribution in [-0.4, -0.2) is 57.5 Å². The van der Waals surface area contributed by atoms with Crippen LogP contribution in [0.2, 0.25) is 0 Å². The van der Waals surface area contributed by atoms with E-state index in [2.05, 4.69) is 36.6 Å². The molecule has 0 spiro atoms. The molecule has 142 valence electrons. The summed E-state index contributed by atoms with van der Waals surface area (Å²) in [5.41, 5.74) is 4.49. The molecule has 0 aliphatic carbocycles. The molecular formula is C21H22N6O. The van der Waals surface area contributed by atoms with Gasteiger partial charge in [-0.25, -0.2) is 9.97 Å². The molecule has 1 atom stereocenters. The van der Waals surface area contributed by atoms with Crippen molar-refractivity contribution in [3.8, 4) is 0 Å². The number of benzene rings is 1. The predicted molar refractivity (Wildman–Crippen MR) is 110 cm³/mol. The zero-order valence-electron chi connectivity index (χ0n) is 16.0. The Morgan fingerprint density at radius 2 is 2.11 bits per heavy atom. The summed E-state index contributed by atoms with van der Waals surface area (Å²) < 4.78 is 2.09. The van der Waals surface area contributed by atoms with Gasteiger partial charge in [-0.3, -0.25) is 4.79 Å². The summed E-state index contributed by atoms with van der Waals surface area (Å²) in [6, 6.07) is 12.2. The first kappa shape index (κ1) is 16.8. The van der Waals surface area contributed by atoms with Gasteiger partial charge in [-0.2, -0.15) is 0 Å². The second-order valence-electron chi connectivity index (χ2n) is 7.54. The lowest BCUT2D eigenvalue weighted by atomic mass is 10.2. The van der Waals surface area contributed by atoms with Crippen LogP contribution in [-0.2, 0) is 0 Å². The van der Waals surface area contributed by atoms with Crippen LogP contribution in [0.25, 0.3) is 22.1 Å². The van der Waals surface area contributed by atoms with Crippen molar-refractivity contribution in [2.75, 3.05) is 32.1 Å². The molecule has 1 aromatic carbocycles. The minimum Gasteiger partial charge on any atom is -0.378 e. The molecule has 5 rings (SSSR count). The fraction of sp³-hybridized carbons (Fsp3) is 0.286. The quantitative estimate of drug-likeness (QED) is 0.598. The maximum atomic E-state index is 13.1. The van der Waals surface area contributed by atoms with Gasteiger partial charge in [-0.05, 0) is 36.8 Å². The maximum absolute atomic E-state index is 13.1. The lowest BCUT2D eigenvalue weighted by Crippen LogP contribution is -2.29. The van der Waals surface area contributed by atoms with Crippen LogP contribution in [0, 0.1) is 0 Å². The van der Waals surface area contributed by atoms with Gasteiger partial charge in [0.05, 0.1) is 12.4 Å². The van der Waals surface area contributed by atoms with Crippen molar-refractivity contribution in [2.24, 2.45) is 0 Å². The van der Waals surface area contributed by atoms with E-state index in [1.54, 1.807) is 6.20 Å². The summed E-state index contributed by atoms with van der Waals surface area (Å²) in [4.78, 5) is 29.2. The SMILES string of the molecule is CN(C)c1ccc2cc(C(=O)N3CC[C@@H](n4cnc5cccnc54)C3)[nH]c2c1. The number of hydrogen-bond donors (Lipinski definition) is 1. The molecule has 1 N–H and O–H groups in total. The molecule has 3 aromatic heterocycles. The van der Waals surface area contributed by atoms with E-state index in [1.165, 1.54) is 0 Å². The number of nitrogens with zero attached hydrogens (tertiary/aromatic N) is 5. The molecule has 0 saturated carbocycles. The van der Waals surface area contributed by atoms with Gasteiger partial charge in [-0.1, -0.05) is 6.07 Å². The molecule has 7 heteroatoms. The number of carbonyl (C=O) groups is 1. The first-order valence-corrected chi connectivity index (χ1v) is 9.47. The third kappa shape index (κ3) is 2.70. The Labute approximate surface area is 162 Å². The first-order valence-electron chi connectivity index (χ1n) is 9.47. The topological polar surface area (TPSA) is 70.1 Å². The van der Waals surface area contributed by atoms with Gasteiger partial charge in [0.2, 0.25) is 0 Å². The van der Waals surface area contributed by atoms with Crippen molar-refractivity contribution in [3.63, 3.8) is 0 Å². The second-order valence-corrected chi connectivity index (χ2v) is 7.54. The number of anilines is 1. The Hall–Kier alpha value is -3.35. The van der Waals surface area contributed by atoms with E-state index in [4.69, 9.17) is 0 Å². The van der Waals surface area contributed by atoms with Crippen molar-refractivity contribution in [1.82, 2.24) is 24.4 Å². The standard InChI is InChI=1S/C21H22N6O/c1-25(2)15-6-5-14-10-19(24-18(14)11-15)21(28)26-9-7-16(12-26)27-13-23-17-4-3-8-22-20(17)27/h3-6,8,10-11,13,16,24H,7,9,12H2,1-2H3/t16-/m1/s1. The number of nitrogens with one attached hydrogen (secondary N) is 1. The van der Waals surface area contributed by atoms with E-state index in [0.29, 0.717) is 12.2 Å². The Kier molecular flexibility index (Phi) is 3.82. The minimum absolute atomic E-state index is 0.0440. The molecule has 4 aromatic rings. The summed E-state index contributed by atoms with van der Waals surface area (Å²) in [6.45, 7) is 1.40. The van der Waals surface area contributed by atoms with Crippen molar-refractivity contribution in [1.29, 1.82) is 0 Å². The van der Waals surface area contributed by atoms with Gasteiger partial charge in [0.15, 0.2) is 5.65 Å². The lowest BCUT2D eigenvalue weighted by Gasteiger charge is -2.16. The monoisotopic (exact) mass is 374 g/mol. The molecule has 28 heavy (non-hydrogen) atoms. The number of H-pyrrole nitrogens is 1. The molecule has 0 unspecified atom stereocenters. The number of rotatable bonds is 3. The van der Waals surface area contributed by atoms with E-state index >= 15 is 0 Å². The zero-order valence-corrected chi connectivity index (χ0v) is 16.0. The van der Waals surface area contributed by atoms with Crippen LogP contribution in [0.3, 0.4) is 0 Å². The average molecular weight is 374 g/mol. The summed E-state index contributed by atoms with van der Waals surface area (Å²) in [6.07, 6.45) is 4.52. The number of aromatic amines is 1. The molecule has 1 aliphatic rings. The highest BCUT2D eigenvalue weighted by atomic mass is 16.2. The molecule has 4 heterocycles. The number of pyridine rings is 1. The molecule has 7 nitrogen and oxygen atoms in total. The van der Waals surface area contributed by atoms with E-state index in [1.807, 2.05) is 49.6 Å². The number of imidazole rings is 1. The number of aromatic nitrogens is 4. The number of likely N-dealkylation sites (tertiary alicyclic amines) is 1. The summed E-state index contributed by atoms with van der Waals surface area (Å²) in [7, 11) is 4.02. The van der Waals surface area contributed by atoms with Crippen LogP contribution >= 0.6 is 0 Å². The van der Waals surface area contributed by atoms with E-state index in [0.717, 1.165) is 40.7 Å². The molecule has 1 aliphatic heterocycles. The minimum atomic E-state index is 0.0440. The van der Waals surface area contributed by atoms with Crippen molar-refractivity contribution < 1.29 is 4.79 Å². The van der Waals surface area contributed by atoms with Gasteiger partial charge in [-0.15, -0.1) is 0 Å². The van der Waals surface area contributed by atoms with Crippen LogP contribution in [0.1, 0.15) is 23.0 Å². The average Bonchev–Trinajstić information content (AvgIpc) is 3.43. The van der Waals surface area contributed by atoms with Gasteiger partial charge < -0.3 is 19.4 Å². The molecule has 0 radical (unpaired) electrons. The summed E-state index contributed by atoms with van der Waals surface area (Å²) in [5.74, 6) is 0.0440. The third-order valence-corrected chi connectivity index (χ3v) is 5.53. The van der Waals surface area contributed by atoms with Gasteiger partial charge in [0, 0.05) is 50.0 Å². The number of amides is 1. The lowest BCUT2D eigenvalue weighted by molar-refractivity contribution is 0.0783. The van der Waals surface area contributed by atoms with Crippen molar-refractivity contribution >= 4 is 33.7 Å². The van der Waals surface area contributed by atoms with E-state index in [9.17, 15) is 4.79 Å². The number of hydrogen-bond acceptors (Lipinski definition) is 4. The van der Waals surface area contributed by atoms with Crippen LogP contribution in [0.5, 0.6) is 0 Å². The number of fused-ring (bicyclic) bond motifs is 2. The van der Waals surface area contributed by atoms with Gasteiger partial charge >= 0.3 is 0 Å². The highest BCUT2D eigenvalue weighted by Gasteiger charge is 2.29.